The molecule has 2 aliphatic rings. The Morgan fingerprint density at radius 3 is 2.81 bits per heavy atom. The topological polar surface area (TPSA) is 50.4 Å². The van der Waals surface area contributed by atoms with Gasteiger partial charge in [0.1, 0.15) is 0 Å². The van der Waals surface area contributed by atoms with Gasteiger partial charge < -0.3 is 15.4 Å². The van der Waals surface area contributed by atoms with E-state index >= 15 is 0 Å². The molecule has 0 aromatic heterocycles. The van der Waals surface area contributed by atoms with Crippen molar-refractivity contribution in [1.29, 1.82) is 0 Å². The maximum Gasteiger partial charge on any atom is 0.227 e. The number of rotatable bonds is 3. The van der Waals surface area contributed by atoms with Crippen molar-refractivity contribution in [1.82, 2.24) is 10.6 Å². The number of piperidine rings is 1. The molecule has 1 heterocycles. The second-order valence-corrected chi connectivity index (χ2v) is 5.34. The number of carbonyl (C=O) groups excluding carboxylic acids is 1. The quantitative estimate of drug-likeness (QED) is 0.743. The molecule has 0 aromatic carbocycles. The molecule has 0 radical (unpaired) electrons. The van der Waals surface area contributed by atoms with Crippen molar-refractivity contribution in [2.24, 2.45) is 5.41 Å². The molecule has 1 aliphatic heterocycles. The molecule has 0 aromatic rings. The zero-order valence-corrected chi connectivity index (χ0v) is 10.2. The Morgan fingerprint density at radius 2 is 2.25 bits per heavy atom. The second kappa shape index (κ2) is 4.72. The fourth-order valence-corrected chi connectivity index (χ4v) is 2.49. The minimum atomic E-state index is -0.212. The highest BCUT2D eigenvalue weighted by Crippen LogP contribution is 2.28. The lowest BCUT2D eigenvalue weighted by Crippen LogP contribution is -2.55. The van der Waals surface area contributed by atoms with Gasteiger partial charge in [-0.15, -0.1) is 0 Å². The SMILES string of the molecule is COC1CC(NC(=O)C2(C)CCCNC2)C1. The van der Waals surface area contributed by atoms with Gasteiger partial charge in [0.15, 0.2) is 0 Å². The third kappa shape index (κ3) is 2.38. The highest BCUT2D eigenvalue weighted by molar-refractivity contribution is 5.83. The van der Waals surface area contributed by atoms with Crippen LogP contribution in [-0.2, 0) is 9.53 Å². The molecule has 0 spiro atoms. The highest BCUT2D eigenvalue weighted by Gasteiger charge is 2.38. The van der Waals surface area contributed by atoms with Gasteiger partial charge >= 0.3 is 0 Å². The molecule has 2 N–H and O–H groups in total. The number of ether oxygens (including phenoxy) is 1. The van der Waals surface area contributed by atoms with Gasteiger partial charge in [0, 0.05) is 19.7 Å². The first-order chi connectivity index (χ1) is 7.64. The van der Waals surface area contributed by atoms with Gasteiger partial charge in [0.2, 0.25) is 5.91 Å². The summed E-state index contributed by atoms with van der Waals surface area (Å²) in [7, 11) is 1.73. The number of amides is 1. The Kier molecular flexibility index (Phi) is 3.50. The molecule has 1 amide bonds. The van der Waals surface area contributed by atoms with E-state index in [1.807, 2.05) is 0 Å². The van der Waals surface area contributed by atoms with Crippen molar-refractivity contribution in [3.8, 4) is 0 Å². The van der Waals surface area contributed by atoms with E-state index in [2.05, 4.69) is 17.6 Å². The number of carbonyl (C=O) groups is 1. The van der Waals surface area contributed by atoms with Crippen LogP contribution in [0.15, 0.2) is 0 Å². The predicted molar refractivity (Wildman–Crippen MR) is 62.2 cm³/mol. The van der Waals surface area contributed by atoms with Crippen LogP contribution in [0.4, 0.5) is 0 Å². The molecule has 16 heavy (non-hydrogen) atoms. The van der Waals surface area contributed by atoms with Crippen LogP contribution in [0, 0.1) is 5.41 Å². The van der Waals surface area contributed by atoms with Crippen molar-refractivity contribution in [2.45, 2.75) is 44.8 Å². The minimum Gasteiger partial charge on any atom is -0.381 e. The van der Waals surface area contributed by atoms with E-state index in [4.69, 9.17) is 4.74 Å². The normalized spacial score (nSPS) is 38.9. The number of nitrogens with one attached hydrogen (secondary N) is 2. The minimum absolute atomic E-state index is 0.208. The summed E-state index contributed by atoms with van der Waals surface area (Å²) in [5, 5.41) is 6.43. The number of hydrogen-bond acceptors (Lipinski definition) is 3. The van der Waals surface area contributed by atoms with E-state index in [-0.39, 0.29) is 11.3 Å². The van der Waals surface area contributed by atoms with E-state index in [1.165, 1.54) is 0 Å². The highest BCUT2D eigenvalue weighted by atomic mass is 16.5. The Morgan fingerprint density at radius 1 is 1.50 bits per heavy atom. The van der Waals surface area contributed by atoms with Gasteiger partial charge in [0.25, 0.3) is 0 Å². The standard InChI is InChI=1S/C12H22N2O2/c1-12(4-3-5-13-8-12)11(15)14-9-6-10(7-9)16-2/h9-10,13H,3-8H2,1-2H3,(H,14,15). The molecule has 1 saturated heterocycles. The van der Waals surface area contributed by atoms with Crippen molar-refractivity contribution < 1.29 is 9.53 Å². The maximum absolute atomic E-state index is 12.1. The van der Waals surface area contributed by atoms with E-state index in [9.17, 15) is 4.79 Å². The van der Waals surface area contributed by atoms with Crippen LogP contribution in [0.3, 0.4) is 0 Å². The molecule has 1 saturated carbocycles. The summed E-state index contributed by atoms with van der Waals surface area (Å²) in [5.41, 5.74) is -0.212. The predicted octanol–water partition coefficient (Wildman–Crippen LogP) is 0.670. The van der Waals surface area contributed by atoms with E-state index < -0.39 is 0 Å². The Hall–Kier alpha value is -0.610. The number of hydrogen-bond donors (Lipinski definition) is 2. The summed E-state index contributed by atoms with van der Waals surface area (Å²) in [5.74, 6) is 0.208. The van der Waals surface area contributed by atoms with Crippen LogP contribution in [0.25, 0.3) is 0 Å². The van der Waals surface area contributed by atoms with Crippen molar-refractivity contribution in [2.75, 3.05) is 20.2 Å². The van der Waals surface area contributed by atoms with Crippen LogP contribution in [-0.4, -0.2) is 38.3 Å². The van der Waals surface area contributed by atoms with Gasteiger partial charge in [-0.3, -0.25) is 4.79 Å². The average Bonchev–Trinajstić information content (AvgIpc) is 2.23. The molecule has 1 aliphatic carbocycles. The smallest absolute Gasteiger partial charge is 0.227 e. The van der Waals surface area contributed by atoms with Crippen LogP contribution in [0.1, 0.15) is 32.6 Å². The van der Waals surface area contributed by atoms with Crippen molar-refractivity contribution in [3.63, 3.8) is 0 Å². The lowest BCUT2D eigenvalue weighted by atomic mass is 9.80. The zero-order chi connectivity index (χ0) is 11.6. The lowest BCUT2D eigenvalue weighted by molar-refractivity contribution is -0.133. The fraction of sp³-hybridized carbons (Fsp3) is 0.917. The molecule has 2 fully saturated rings. The van der Waals surface area contributed by atoms with Crippen molar-refractivity contribution >= 4 is 5.91 Å². The first kappa shape index (κ1) is 11.9. The van der Waals surface area contributed by atoms with E-state index in [1.54, 1.807) is 7.11 Å². The van der Waals surface area contributed by atoms with Gasteiger partial charge in [-0.05, 0) is 39.2 Å². The molecule has 2 rings (SSSR count). The molecular weight excluding hydrogens is 204 g/mol. The molecule has 4 nitrogen and oxygen atoms in total. The van der Waals surface area contributed by atoms with Crippen LogP contribution in [0.5, 0.6) is 0 Å². The monoisotopic (exact) mass is 226 g/mol. The third-order valence-corrected chi connectivity index (χ3v) is 3.91. The van der Waals surface area contributed by atoms with Crippen LogP contribution in [0.2, 0.25) is 0 Å². The Bertz CT molecular complexity index is 256. The van der Waals surface area contributed by atoms with Gasteiger partial charge in [-0.2, -0.15) is 0 Å². The molecule has 0 bridgehead atoms. The molecular formula is C12H22N2O2. The molecule has 1 atom stereocenters. The van der Waals surface area contributed by atoms with E-state index in [0.717, 1.165) is 38.8 Å². The molecule has 4 heteroatoms. The second-order valence-electron chi connectivity index (χ2n) is 5.34. The summed E-state index contributed by atoms with van der Waals surface area (Å²) < 4.78 is 5.20. The van der Waals surface area contributed by atoms with E-state index in [0.29, 0.717) is 12.1 Å². The molecule has 1 unspecified atom stereocenters. The largest absolute Gasteiger partial charge is 0.381 e. The van der Waals surface area contributed by atoms with Crippen LogP contribution < -0.4 is 10.6 Å². The first-order valence-electron chi connectivity index (χ1n) is 6.18. The van der Waals surface area contributed by atoms with Crippen molar-refractivity contribution in [3.05, 3.63) is 0 Å². The summed E-state index contributed by atoms with van der Waals surface area (Å²) in [6.07, 6.45) is 4.36. The van der Waals surface area contributed by atoms with Gasteiger partial charge in [0.05, 0.1) is 11.5 Å². The molecule has 92 valence electrons. The maximum atomic E-state index is 12.1. The lowest BCUT2D eigenvalue weighted by Gasteiger charge is -2.39. The summed E-state index contributed by atoms with van der Waals surface area (Å²) in [6.45, 7) is 3.90. The summed E-state index contributed by atoms with van der Waals surface area (Å²) in [4.78, 5) is 12.1. The summed E-state index contributed by atoms with van der Waals surface area (Å²) in [6, 6.07) is 0.330. The third-order valence-electron chi connectivity index (χ3n) is 3.91. The van der Waals surface area contributed by atoms with Crippen LogP contribution >= 0.6 is 0 Å². The Balaban J connectivity index is 1.79. The number of methoxy groups -OCH3 is 1. The fourth-order valence-electron chi connectivity index (χ4n) is 2.49. The average molecular weight is 226 g/mol. The zero-order valence-electron chi connectivity index (χ0n) is 10.2. The summed E-state index contributed by atoms with van der Waals surface area (Å²) >= 11 is 0. The van der Waals surface area contributed by atoms with Gasteiger partial charge in [-0.25, -0.2) is 0 Å². The van der Waals surface area contributed by atoms with Gasteiger partial charge in [-0.1, -0.05) is 0 Å². The Labute approximate surface area is 97.1 Å². The first-order valence-corrected chi connectivity index (χ1v) is 6.18.